The maximum Gasteiger partial charge on any atom is 0.270 e. The Morgan fingerprint density at radius 3 is 2.62 bits per heavy atom. The molecule has 1 unspecified atom stereocenters. The van der Waals surface area contributed by atoms with E-state index in [4.69, 9.17) is 5.21 Å². The van der Waals surface area contributed by atoms with Gasteiger partial charge in [-0.25, -0.2) is 5.48 Å². The van der Waals surface area contributed by atoms with Crippen LogP contribution in [0.25, 0.3) is 10.9 Å². The van der Waals surface area contributed by atoms with E-state index < -0.39 is 11.9 Å². The zero-order valence-corrected chi connectivity index (χ0v) is 15.2. The number of aromatic nitrogens is 1. The van der Waals surface area contributed by atoms with Crippen LogP contribution in [0.2, 0.25) is 0 Å². The van der Waals surface area contributed by atoms with Crippen LogP contribution < -0.4 is 16.1 Å². The Morgan fingerprint density at radius 1 is 1.12 bits per heavy atom. The maximum atomic E-state index is 12.2. The number of halogens is 1. The summed E-state index contributed by atoms with van der Waals surface area (Å²) in [7, 11) is 0. The summed E-state index contributed by atoms with van der Waals surface area (Å²) in [5.74, 6) is -1.10. The fourth-order valence-corrected chi connectivity index (χ4v) is 2.84. The van der Waals surface area contributed by atoms with E-state index in [1.807, 2.05) is 30.5 Å². The topological polar surface area (TPSA) is 106 Å². The van der Waals surface area contributed by atoms with Crippen molar-refractivity contribution in [1.82, 2.24) is 15.8 Å². The number of amides is 2. The number of carbonyl (C=O) groups excluding carboxylic acids is 2. The van der Waals surface area contributed by atoms with Gasteiger partial charge >= 0.3 is 0 Å². The Hall–Kier alpha value is -2.84. The molecule has 1 heterocycles. The first-order valence-corrected chi connectivity index (χ1v) is 8.66. The first kappa shape index (κ1) is 18.0. The number of aromatic amines is 1. The van der Waals surface area contributed by atoms with Crippen molar-refractivity contribution in [2.24, 2.45) is 0 Å². The molecule has 2 aromatic carbocycles. The fraction of sp³-hybridized carbons (Fsp3) is 0.111. The quantitative estimate of drug-likeness (QED) is 0.314. The van der Waals surface area contributed by atoms with Gasteiger partial charge in [-0.05, 0) is 41.3 Å². The number of H-pyrrole nitrogens is 1. The van der Waals surface area contributed by atoms with Gasteiger partial charge in [0, 0.05) is 21.9 Å². The molecule has 0 radical (unpaired) electrons. The molecule has 0 saturated heterocycles. The summed E-state index contributed by atoms with van der Waals surface area (Å²) in [6.07, 6.45) is 1.84. The van der Waals surface area contributed by atoms with Crippen LogP contribution >= 0.6 is 15.9 Å². The second-order valence-electron chi connectivity index (χ2n) is 5.66. The molecule has 0 aliphatic heterocycles. The molecule has 0 aliphatic rings. The highest BCUT2D eigenvalue weighted by molar-refractivity contribution is 9.10. The van der Waals surface area contributed by atoms with Gasteiger partial charge in [0.25, 0.3) is 5.91 Å². The zero-order chi connectivity index (χ0) is 18.5. The number of fused-ring (bicyclic) bond motifs is 1. The van der Waals surface area contributed by atoms with Crippen molar-refractivity contribution in [1.29, 1.82) is 0 Å². The van der Waals surface area contributed by atoms with E-state index in [2.05, 4.69) is 31.5 Å². The fourth-order valence-electron chi connectivity index (χ4n) is 2.57. The van der Waals surface area contributed by atoms with E-state index in [-0.39, 0.29) is 12.5 Å². The maximum absolute atomic E-state index is 12.2. The van der Waals surface area contributed by atoms with Gasteiger partial charge in [-0.3, -0.25) is 14.8 Å². The van der Waals surface area contributed by atoms with Crippen molar-refractivity contribution >= 4 is 44.3 Å². The van der Waals surface area contributed by atoms with Gasteiger partial charge in [0.1, 0.15) is 6.04 Å². The van der Waals surface area contributed by atoms with E-state index in [1.165, 1.54) is 0 Å². The second-order valence-corrected chi connectivity index (χ2v) is 6.58. The van der Waals surface area contributed by atoms with Crippen LogP contribution in [0.3, 0.4) is 0 Å². The first-order chi connectivity index (χ1) is 12.6. The third-order valence-corrected chi connectivity index (χ3v) is 4.42. The Labute approximate surface area is 157 Å². The van der Waals surface area contributed by atoms with Crippen molar-refractivity contribution in [3.05, 3.63) is 64.8 Å². The van der Waals surface area contributed by atoms with E-state index >= 15 is 0 Å². The van der Waals surface area contributed by atoms with Crippen molar-refractivity contribution in [3.8, 4) is 0 Å². The van der Waals surface area contributed by atoms with E-state index in [1.54, 1.807) is 29.7 Å². The predicted octanol–water partition coefficient (Wildman–Crippen LogP) is 2.71. The van der Waals surface area contributed by atoms with Crippen LogP contribution in [-0.4, -0.2) is 28.6 Å². The lowest BCUT2D eigenvalue weighted by atomic mass is 10.1. The van der Waals surface area contributed by atoms with Crippen LogP contribution in [0, 0.1) is 0 Å². The van der Waals surface area contributed by atoms with Gasteiger partial charge in [0.15, 0.2) is 0 Å². The summed E-state index contributed by atoms with van der Waals surface area (Å²) in [6.45, 7) is -0.0159. The zero-order valence-electron chi connectivity index (χ0n) is 13.6. The van der Waals surface area contributed by atoms with Crippen molar-refractivity contribution in [2.75, 3.05) is 11.9 Å². The lowest BCUT2D eigenvalue weighted by Crippen LogP contribution is -2.41. The third-order valence-electron chi connectivity index (χ3n) is 3.89. The number of rotatable bonds is 6. The minimum absolute atomic E-state index is 0.0159. The highest BCUT2D eigenvalue weighted by atomic mass is 79.9. The summed E-state index contributed by atoms with van der Waals surface area (Å²) < 4.78 is 0.845. The Kier molecular flexibility index (Phi) is 5.55. The Bertz CT molecular complexity index is 924. The number of carbonyl (C=O) groups is 2. The molecular weight excluding hydrogens is 400 g/mol. The normalized spacial score (nSPS) is 11.8. The van der Waals surface area contributed by atoms with Crippen LogP contribution in [0.5, 0.6) is 0 Å². The largest absolute Gasteiger partial charge is 0.376 e. The van der Waals surface area contributed by atoms with E-state index in [9.17, 15) is 9.59 Å². The molecule has 134 valence electrons. The standard InChI is InChI=1S/C18H17BrN4O3/c19-13-4-1-12(2-5-13)17(18(25)23-26)22-16(24)10-21-14-6-3-11-7-8-20-15(11)9-14/h1-9,17,20-21,26H,10H2,(H,22,24)(H,23,25). The van der Waals surface area contributed by atoms with Gasteiger partial charge in [0.2, 0.25) is 5.91 Å². The summed E-state index contributed by atoms with van der Waals surface area (Å²) in [4.78, 5) is 27.3. The highest BCUT2D eigenvalue weighted by Gasteiger charge is 2.22. The number of nitrogens with one attached hydrogen (secondary N) is 4. The molecule has 0 spiro atoms. The molecule has 26 heavy (non-hydrogen) atoms. The molecule has 8 heteroatoms. The average molecular weight is 417 g/mol. The number of benzene rings is 2. The lowest BCUT2D eigenvalue weighted by Gasteiger charge is -2.17. The monoisotopic (exact) mass is 416 g/mol. The number of anilines is 1. The Morgan fingerprint density at radius 2 is 1.88 bits per heavy atom. The molecule has 0 fully saturated rings. The number of hydrogen-bond donors (Lipinski definition) is 5. The first-order valence-electron chi connectivity index (χ1n) is 7.86. The minimum atomic E-state index is -0.992. The van der Waals surface area contributed by atoms with Gasteiger partial charge in [-0.2, -0.15) is 0 Å². The molecule has 1 atom stereocenters. The van der Waals surface area contributed by atoms with Crippen LogP contribution in [0.1, 0.15) is 11.6 Å². The van der Waals surface area contributed by atoms with E-state index in [0.29, 0.717) is 5.56 Å². The molecule has 0 saturated carbocycles. The van der Waals surface area contributed by atoms with E-state index in [0.717, 1.165) is 21.1 Å². The van der Waals surface area contributed by atoms with Gasteiger partial charge in [0.05, 0.1) is 6.54 Å². The molecule has 3 rings (SSSR count). The second kappa shape index (κ2) is 8.03. The minimum Gasteiger partial charge on any atom is -0.376 e. The van der Waals surface area contributed by atoms with Crippen molar-refractivity contribution < 1.29 is 14.8 Å². The SMILES string of the molecule is O=C(CNc1ccc2cc[nH]c2c1)NC(C(=O)NO)c1ccc(Br)cc1. The van der Waals surface area contributed by atoms with Gasteiger partial charge in [-0.1, -0.05) is 34.1 Å². The van der Waals surface area contributed by atoms with Gasteiger partial charge < -0.3 is 15.6 Å². The predicted molar refractivity (Wildman–Crippen MR) is 102 cm³/mol. The molecule has 0 bridgehead atoms. The van der Waals surface area contributed by atoms with Crippen LogP contribution in [0.4, 0.5) is 5.69 Å². The molecule has 7 nitrogen and oxygen atoms in total. The summed E-state index contributed by atoms with van der Waals surface area (Å²) in [5, 5.41) is 15.6. The smallest absolute Gasteiger partial charge is 0.270 e. The number of hydroxylamine groups is 1. The molecule has 0 aliphatic carbocycles. The van der Waals surface area contributed by atoms with Crippen molar-refractivity contribution in [3.63, 3.8) is 0 Å². The highest BCUT2D eigenvalue weighted by Crippen LogP contribution is 2.19. The number of hydrogen-bond acceptors (Lipinski definition) is 4. The van der Waals surface area contributed by atoms with Crippen LogP contribution in [-0.2, 0) is 9.59 Å². The molecular formula is C18H17BrN4O3. The molecule has 5 N–H and O–H groups in total. The summed E-state index contributed by atoms with van der Waals surface area (Å²) >= 11 is 3.31. The van der Waals surface area contributed by atoms with Gasteiger partial charge in [-0.15, -0.1) is 0 Å². The molecule has 3 aromatic rings. The van der Waals surface area contributed by atoms with Crippen LogP contribution in [0.15, 0.2) is 59.2 Å². The molecule has 2 amide bonds. The summed E-state index contributed by atoms with van der Waals surface area (Å²) in [5.41, 5.74) is 3.88. The molecule has 1 aromatic heterocycles. The Balaban J connectivity index is 1.65. The lowest BCUT2D eigenvalue weighted by molar-refractivity contribution is -0.134. The van der Waals surface area contributed by atoms with Crippen molar-refractivity contribution in [2.45, 2.75) is 6.04 Å². The third kappa shape index (κ3) is 4.22. The average Bonchev–Trinajstić information content (AvgIpc) is 3.12. The summed E-state index contributed by atoms with van der Waals surface area (Å²) in [6, 6.07) is 13.6.